The van der Waals surface area contributed by atoms with Crippen molar-refractivity contribution in [2.24, 2.45) is 0 Å². The molecule has 0 aliphatic carbocycles. The highest BCUT2D eigenvalue weighted by molar-refractivity contribution is 7.80. The Labute approximate surface area is 71.8 Å². The van der Waals surface area contributed by atoms with Crippen molar-refractivity contribution in [1.29, 1.82) is 0 Å². The topological polar surface area (TPSA) is 9.23 Å². The van der Waals surface area contributed by atoms with E-state index >= 15 is 0 Å². The quantitative estimate of drug-likeness (QED) is 0.581. The van der Waals surface area contributed by atoms with Crippen molar-refractivity contribution in [3.05, 3.63) is 23.3 Å². The van der Waals surface area contributed by atoms with Crippen molar-refractivity contribution < 1.29 is 4.74 Å². The number of hydrogen-bond acceptors (Lipinski definition) is 2. The number of benzene rings is 1. The molecular formula is C9H10OS. The predicted molar refractivity (Wildman–Crippen MR) is 47.6 cm³/mol. The molecule has 0 atom stereocenters. The number of hydrogen-bond donors (Lipinski definition) is 1. The minimum Gasteiger partial charge on any atom is -0.493 e. The lowest BCUT2D eigenvalue weighted by atomic mass is 10.1. The van der Waals surface area contributed by atoms with Crippen LogP contribution in [0, 0.1) is 6.92 Å². The molecule has 0 fully saturated rings. The average Bonchev–Trinajstić information content (AvgIpc) is 2.45. The van der Waals surface area contributed by atoms with Crippen molar-refractivity contribution in [3.8, 4) is 5.75 Å². The second-order valence-corrected chi connectivity index (χ2v) is 3.25. The van der Waals surface area contributed by atoms with Crippen LogP contribution in [0.25, 0.3) is 0 Å². The van der Waals surface area contributed by atoms with Gasteiger partial charge in [-0.3, -0.25) is 0 Å². The summed E-state index contributed by atoms with van der Waals surface area (Å²) in [5.74, 6) is 1.01. The van der Waals surface area contributed by atoms with Gasteiger partial charge in [-0.05, 0) is 18.6 Å². The summed E-state index contributed by atoms with van der Waals surface area (Å²) in [6, 6.07) is 4.07. The fourth-order valence-electron chi connectivity index (χ4n) is 1.37. The molecule has 58 valence electrons. The molecular weight excluding hydrogens is 156 g/mol. The third kappa shape index (κ3) is 1.02. The molecule has 0 radical (unpaired) electrons. The largest absolute Gasteiger partial charge is 0.493 e. The Hall–Kier alpha value is -0.630. The van der Waals surface area contributed by atoms with Gasteiger partial charge < -0.3 is 4.74 Å². The van der Waals surface area contributed by atoms with Crippen molar-refractivity contribution in [2.45, 2.75) is 18.2 Å². The molecule has 0 N–H and O–H groups in total. The maximum Gasteiger partial charge on any atom is 0.123 e. The molecule has 0 saturated heterocycles. The molecule has 1 nitrogen and oxygen atoms in total. The van der Waals surface area contributed by atoms with Crippen molar-refractivity contribution in [1.82, 2.24) is 0 Å². The van der Waals surface area contributed by atoms with E-state index in [2.05, 4.69) is 19.6 Å². The zero-order chi connectivity index (χ0) is 7.84. The van der Waals surface area contributed by atoms with Gasteiger partial charge in [0, 0.05) is 16.9 Å². The molecule has 11 heavy (non-hydrogen) atoms. The summed E-state index contributed by atoms with van der Waals surface area (Å²) < 4.78 is 5.39. The molecule has 0 amide bonds. The van der Waals surface area contributed by atoms with Gasteiger partial charge in [0.25, 0.3) is 0 Å². The van der Waals surface area contributed by atoms with E-state index in [1.165, 1.54) is 11.1 Å². The third-order valence-electron chi connectivity index (χ3n) is 2.05. The highest BCUT2D eigenvalue weighted by atomic mass is 32.1. The van der Waals surface area contributed by atoms with Crippen molar-refractivity contribution in [3.63, 3.8) is 0 Å². The summed E-state index contributed by atoms with van der Waals surface area (Å²) in [6.45, 7) is 2.88. The van der Waals surface area contributed by atoms with Crippen molar-refractivity contribution >= 4 is 12.6 Å². The van der Waals surface area contributed by atoms with Crippen LogP contribution in [0.3, 0.4) is 0 Å². The second-order valence-electron chi connectivity index (χ2n) is 2.81. The number of thiol groups is 1. The molecule has 1 aromatic carbocycles. The number of fused-ring (bicyclic) bond motifs is 1. The first-order valence-electron chi connectivity index (χ1n) is 3.73. The first-order chi connectivity index (χ1) is 5.29. The van der Waals surface area contributed by atoms with Crippen LogP contribution in [0.4, 0.5) is 0 Å². The first kappa shape index (κ1) is 7.04. The van der Waals surface area contributed by atoms with E-state index in [0.717, 1.165) is 23.7 Å². The number of aryl methyl sites for hydroxylation is 1. The van der Waals surface area contributed by atoms with Gasteiger partial charge in [-0.15, -0.1) is 12.6 Å². The molecule has 1 aliphatic rings. The maximum absolute atomic E-state index is 5.39. The van der Waals surface area contributed by atoms with E-state index in [1.807, 2.05) is 12.1 Å². The summed E-state index contributed by atoms with van der Waals surface area (Å²) >= 11 is 4.42. The molecule has 1 heterocycles. The van der Waals surface area contributed by atoms with Gasteiger partial charge in [0.05, 0.1) is 6.61 Å². The van der Waals surface area contributed by atoms with Crippen LogP contribution < -0.4 is 4.74 Å². The number of ether oxygens (including phenoxy) is 1. The van der Waals surface area contributed by atoms with E-state index in [0.29, 0.717) is 0 Å². The molecule has 0 unspecified atom stereocenters. The molecule has 1 aliphatic heterocycles. The van der Waals surface area contributed by atoms with Gasteiger partial charge in [0.1, 0.15) is 5.75 Å². The highest BCUT2D eigenvalue weighted by Gasteiger charge is 2.15. The van der Waals surface area contributed by atoms with Gasteiger partial charge in [-0.1, -0.05) is 6.07 Å². The molecule has 0 spiro atoms. The minimum absolute atomic E-state index is 0.812. The Morgan fingerprint density at radius 2 is 2.27 bits per heavy atom. The Kier molecular flexibility index (Phi) is 1.57. The Balaban J connectivity index is 2.62. The van der Waals surface area contributed by atoms with Crippen LogP contribution in [-0.4, -0.2) is 6.61 Å². The van der Waals surface area contributed by atoms with Crippen LogP contribution >= 0.6 is 12.6 Å². The molecule has 1 aromatic rings. The summed E-state index contributed by atoms with van der Waals surface area (Å²) in [6.07, 6.45) is 1.01. The SMILES string of the molecule is Cc1ccc2c(c1S)CCO2. The van der Waals surface area contributed by atoms with Gasteiger partial charge in [-0.25, -0.2) is 0 Å². The van der Waals surface area contributed by atoms with E-state index in [4.69, 9.17) is 4.74 Å². The fourth-order valence-corrected chi connectivity index (χ4v) is 1.67. The lowest BCUT2D eigenvalue weighted by Crippen LogP contribution is -1.86. The van der Waals surface area contributed by atoms with E-state index < -0.39 is 0 Å². The van der Waals surface area contributed by atoms with Crippen LogP contribution in [0.2, 0.25) is 0 Å². The summed E-state index contributed by atoms with van der Waals surface area (Å²) in [7, 11) is 0. The van der Waals surface area contributed by atoms with E-state index in [9.17, 15) is 0 Å². The van der Waals surface area contributed by atoms with Crippen LogP contribution in [0.15, 0.2) is 17.0 Å². The lowest BCUT2D eigenvalue weighted by Gasteiger charge is -2.03. The predicted octanol–water partition coefficient (Wildman–Crippen LogP) is 2.22. The Morgan fingerprint density at radius 3 is 3.09 bits per heavy atom. The second kappa shape index (κ2) is 2.45. The molecule has 2 heteroatoms. The molecule has 0 aromatic heterocycles. The zero-order valence-corrected chi connectivity index (χ0v) is 7.32. The van der Waals surface area contributed by atoms with E-state index in [-0.39, 0.29) is 0 Å². The minimum atomic E-state index is 0.812. The third-order valence-corrected chi connectivity index (χ3v) is 2.67. The first-order valence-corrected chi connectivity index (χ1v) is 4.18. The standard InChI is InChI=1S/C9H10OS/c1-6-2-3-8-7(9(6)11)4-5-10-8/h2-3,11H,4-5H2,1H3. The molecule has 0 bridgehead atoms. The van der Waals surface area contributed by atoms with Gasteiger partial charge in [0.2, 0.25) is 0 Å². The molecule has 0 saturated carbocycles. The van der Waals surface area contributed by atoms with Crippen LogP contribution in [-0.2, 0) is 6.42 Å². The maximum atomic E-state index is 5.39. The van der Waals surface area contributed by atoms with E-state index in [1.54, 1.807) is 0 Å². The average molecular weight is 166 g/mol. The van der Waals surface area contributed by atoms with Crippen molar-refractivity contribution in [2.75, 3.05) is 6.61 Å². The normalized spacial score (nSPS) is 14.4. The van der Waals surface area contributed by atoms with Crippen LogP contribution in [0.5, 0.6) is 5.75 Å². The monoisotopic (exact) mass is 166 g/mol. The van der Waals surface area contributed by atoms with Gasteiger partial charge in [-0.2, -0.15) is 0 Å². The smallest absolute Gasteiger partial charge is 0.123 e. The zero-order valence-electron chi connectivity index (χ0n) is 6.42. The summed E-state index contributed by atoms with van der Waals surface area (Å²) in [5, 5.41) is 0. The summed E-state index contributed by atoms with van der Waals surface area (Å²) in [5.41, 5.74) is 2.51. The summed E-state index contributed by atoms with van der Waals surface area (Å²) in [4.78, 5) is 1.10. The van der Waals surface area contributed by atoms with Crippen LogP contribution in [0.1, 0.15) is 11.1 Å². The Bertz CT molecular complexity index is 294. The highest BCUT2D eigenvalue weighted by Crippen LogP contribution is 2.32. The lowest BCUT2D eigenvalue weighted by molar-refractivity contribution is 0.357. The fraction of sp³-hybridized carbons (Fsp3) is 0.333. The number of rotatable bonds is 0. The Morgan fingerprint density at radius 1 is 1.45 bits per heavy atom. The van der Waals surface area contributed by atoms with Gasteiger partial charge in [0.15, 0.2) is 0 Å². The van der Waals surface area contributed by atoms with Gasteiger partial charge >= 0.3 is 0 Å². The molecule has 2 rings (SSSR count).